The first-order chi connectivity index (χ1) is 14.0. The summed E-state index contributed by atoms with van der Waals surface area (Å²) in [6.07, 6.45) is 1.03. The van der Waals surface area contributed by atoms with Crippen molar-refractivity contribution in [2.24, 2.45) is 0 Å². The Bertz CT molecular complexity index is 857. The molecule has 0 aliphatic carbocycles. The summed E-state index contributed by atoms with van der Waals surface area (Å²) in [6, 6.07) is 14.8. The summed E-state index contributed by atoms with van der Waals surface area (Å²) < 4.78 is 10.3. The number of esters is 2. The number of nitrogens with zero attached hydrogens (tertiary/aromatic N) is 1. The van der Waals surface area contributed by atoms with Crippen LogP contribution in [0.15, 0.2) is 48.5 Å². The molecule has 2 aromatic carbocycles. The summed E-state index contributed by atoms with van der Waals surface area (Å²) in [5.74, 6) is -1.09. The highest BCUT2D eigenvalue weighted by Crippen LogP contribution is 2.36. The fraction of sp³-hybridized carbons (Fsp3) is 0.391. The maximum atomic E-state index is 12.7. The number of ether oxygens (including phenoxy) is 2. The van der Waals surface area contributed by atoms with Gasteiger partial charge < -0.3 is 19.5 Å². The molecule has 1 fully saturated rings. The number of benzene rings is 2. The fourth-order valence-corrected chi connectivity index (χ4v) is 3.75. The van der Waals surface area contributed by atoms with E-state index in [0.717, 1.165) is 5.56 Å². The van der Waals surface area contributed by atoms with Gasteiger partial charge in [-0.3, -0.25) is 0 Å². The Hall–Kier alpha value is -2.86. The van der Waals surface area contributed by atoms with Crippen molar-refractivity contribution in [3.8, 4) is 0 Å². The second-order valence-electron chi connectivity index (χ2n) is 7.03. The van der Waals surface area contributed by atoms with E-state index in [9.17, 15) is 14.7 Å². The van der Waals surface area contributed by atoms with Gasteiger partial charge >= 0.3 is 11.9 Å². The van der Waals surface area contributed by atoms with Crippen LogP contribution in [-0.4, -0.2) is 43.3 Å². The van der Waals surface area contributed by atoms with Crippen LogP contribution in [0.4, 0.5) is 5.69 Å². The van der Waals surface area contributed by atoms with Crippen LogP contribution in [0.25, 0.3) is 0 Å². The van der Waals surface area contributed by atoms with Crippen molar-refractivity contribution in [3.63, 3.8) is 0 Å². The molecule has 1 N–H and O–H groups in total. The van der Waals surface area contributed by atoms with Crippen LogP contribution < -0.4 is 4.90 Å². The van der Waals surface area contributed by atoms with Crippen LogP contribution in [0.1, 0.15) is 53.0 Å². The zero-order chi connectivity index (χ0) is 20.9. The maximum absolute atomic E-state index is 12.7. The molecule has 6 heteroatoms. The van der Waals surface area contributed by atoms with Crippen molar-refractivity contribution in [3.05, 3.63) is 65.2 Å². The Morgan fingerprint density at radius 2 is 1.55 bits per heavy atom. The fourth-order valence-electron chi connectivity index (χ4n) is 3.75. The number of rotatable bonds is 6. The van der Waals surface area contributed by atoms with Crippen LogP contribution in [0.5, 0.6) is 0 Å². The molecule has 2 aromatic rings. The van der Waals surface area contributed by atoms with E-state index in [-0.39, 0.29) is 24.3 Å². The summed E-state index contributed by atoms with van der Waals surface area (Å²) >= 11 is 0. The molecule has 1 saturated heterocycles. The highest BCUT2D eigenvalue weighted by Gasteiger charge is 2.35. The van der Waals surface area contributed by atoms with Gasteiger partial charge in [0.25, 0.3) is 0 Å². The number of carbonyl (C=O) groups is 2. The first kappa shape index (κ1) is 20.9. The lowest BCUT2D eigenvalue weighted by Gasteiger charge is -2.40. The normalized spacial score (nSPS) is 15.6. The molecule has 0 aromatic heterocycles. The lowest BCUT2D eigenvalue weighted by molar-refractivity contribution is 0.0117. The predicted octanol–water partition coefficient (Wildman–Crippen LogP) is 3.53. The number of hydrogen-bond acceptors (Lipinski definition) is 6. The van der Waals surface area contributed by atoms with Crippen molar-refractivity contribution in [1.82, 2.24) is 0 Å². The van der Waals surface area contributed by atoms with Crippen molar-refractivity contribution in [2.45, 2.75) is 32.3 Å². The standard InChI is InChI=1S/C23H27NO5/c1-3-28-21(25)18-11-8-12-19(20(18)22(26)29-4-2)24-15-13-23(27,14-16-24)17-9-6-5-7-10-17/h5-12,27H,3-4,13-16H2,1-2H3. The zero-order valence-corrected chi connectivity index (χ0v) is 16.9. The Balaban J connectivity index is 1.90. The molecule has 29 heavy (non-hydrogen) atoms. The minimum atomic E-state index is -0.902. The molecule has 0 unspecified atom stereocenters. The summed E-state index contributed by atoms with van der Waals surface area (Å²) in [5.41, 5.74) is 1.04. The van der Waals surface area contributed by atoms with Gasteiger partial charge in [-0.25, -0.2) is 9.59 Å². The van der Waals surface area contributed by atoms with E-state index in [0.29, 0.717) is 31.6 Å². The van der Waals surface area contributed by atoms with E-state index in [2.05, 4.69) is 0 Å². The molecule has 0 atom stereocenters. The molecule has 0 amide bonds. The van der Waals surface area contributed by atoms with E-state index < -0.39 is 17.5 Å². The summed E-state index contributed by atoms with van der Waals surface area (Å²) in [4.78, 5) is 27.1. The van der Waals surface area contributed by atoms with Gasteiger partial charge in [0.2, 0.25) is 0 Å². The minimum absolute atomic E-state index is 0.201. The Kier molecular flexibility index (Phi) is 6.54. The Morgan fingerprint density at radius 1 is 0.931 bits per heavy atom. The van der Waals surface area contributed by atoms with Gasteiger partial charge in [-0.2, -0.15) is 0 Å². The van der Waals surface area contributed by atoms with E-state index in [1.165, 1.54) is 0 Å². The molecule has 1 aliphatic rings. The molecular weight excluding hydrogens is 370 g/mol. The predicted molar refractivity (Wildman–Crippen MR) is 110 cm³/mol. The van der Waals surface area contributed by atoms with Gasteiger partial charge in [-0.05, 0) is 44.4 Å². The number of aliphatic hydroxyl groups is 1. The van der Waals surface area contributed by atoms with Crippen molar-refractivity contribution >= 4 is 17.6 Å². The maximum Gasteiger partial charge on any atom is 0.341 e. The van der Waals surface area contributed by atoms with Crippen LogP contribution in [0.2, 0.25) is 0 Å². The first-order valence-electron chi connectivity index (χ1n) is 10.00. The van der Waals surface area contributed by atoms with E-state index >= 15 is 0 Å². The third-order valence-electron chi connectivity index (χ3n) is 5.26. The summed E-state index contributed by atoms with van der Waals surface area (Å²) in [7, 11) is 0. The molecule has 0 radical (unpaired) electrons. The number of anilines is 1. The molecule has 6 nitrogen and oxygen atoms in total. The van der Waals surface area contributed by atoms with Gasteiger partial charge in [-0.15, -0.1) is 0 Å². The van der Waals surface area contributed by atoms with Gasteiger partial charge in [0.1, 0.15) is 0 Å². The highest BCUT2D eigenvalue weighted by atomic mass is 16.5. The monoisotopic (exact) mass is 397 g/mol. The second-order valence-corrected chi connectivity index (χ2v) is 7.03. The molecule has 3 rings (SSSR count). The van der Waals surface area contributed by atoms with Gasteiger partial charge in [0.15, 0.2) is 0 Å². The lowest BCUT2D eigenvalue weighted by Crippen LogP contribution is -2.43. The average Bonchev–Trinajstić information content (AvgIpc) is 2.75. The van der Waals surface area contributed by atoms with E-state index in [1.54, 1.807) is 26.0 Å². The van der Waals surface area contributed by atoms with Crippen molar-refractivity contribution in [1.29, 1.82) is 0 Å². The van der Waals surface area contributed by atoms with Gasteiger partial charge in [-0.1, -0.05) is 36.4 Å². The zero-order valence-electron chi connectivity index (χ0n) is 16.9. The van der Waals surface area contributed by atoms with Crippen LogP contribution in [-0.2, 0) is 15.1 Å². The van der Waals surface area contributed by atoms with Crippen molar-refractivity contribution in [2.75, 3.05) is 31.2 Å². The molecule has 0 saturated carbocycles. The molecular formula is C23H27NO5. The van der Waals surface area contributed by atoms with E-state index in [1.807, 2.05) is 41.3 Å². The smallest absolute Gasteiger partial charge is 0.341 e. The molecule has 1 heterocycles. The third kappa shape index (κ3) is 4.43. The molecule has 1 aliphatic heterocycles. The number of piperidine rings is 1. The van der Waals surface area contributed by atoms with E-state index in [4.69, 9.17) is 9.47 Å². The summed E-state index contributed by atoms with van der Waals surface area (Å²) in [6.45, 7) is 4.97. The first-order valence-corrected chi connectivity index (χ1v) is 10.00. The third-order valence-corrected chi connectivity index (χ3v) is 5.26. The van der Waals surface area contributed by atoms with Crippen molar-refractivity contribution < 1.29 is 24.2 Å². The quantitative estimate of drug-likeness (QED) is 0.752. The molecule has 0 spiro atoms. The Labute approximate surface area is 171 Å². The topological polar surface area (TPSA) is 76.1 Å². The number of hydrogen-bond donors (Lipinski definition) is 1. The number of carbonyl (C=O) groups excluding carboxylic acids is 2. The molecule has 154 valence electrons. The molecule has 0 bridgehead atoms. The SMILES string of the molecule is CCOC(=O)c1cccc(N2CCC(O)(c3ccccc3)CC2)c1C(=O)OCC. The van der Waals surface area contributed by atoms with Gasteiger partial charge in [0, 0.05) is 13.1 Å². The summed E-state index contributed by atoms with van der Waals surface area (Å²) in [5, 5.41) is 11.1. The van der Waals surface area contributed by atoms with Crippen LogP contribution in [0.3, 0.4) is 0 Å². The largest absolute Gasteiger partial charge is 0.462 e. The minimum Gasteiger partial charge on any atom is -0.462 e. The van der Waals surface area contributed by atoms with Gasteiger partial charge in [0.05, 0.1) is 35.6 Å². The Morgan fingerprint density at radius 3 is 2.17 bits per heavy atom. The lowest BCUT2D eigenvalue weighted by atomic mass is 9.84. The highest BCUT2D eigenvalue weighted by molar-refractivity contribution is 6.07. The average molecular weight is 397 g/mol. The van der Waals surface area contributed by atoms with Crippen LogP contribution >= 0.6 is 0 Å². The van der Waals surface area contributed by atoms with Crippen LogP contribution in [0, 0.1) is 0 Å². The second kappa shape index (κ2) is 9.09.